The number of carboxylic acids is 1. The van der Waals surface area contributed by atoms with Gasteiger partial charge < -0.3 is 20.4 Å². The zero-order chi connectivity index (χ0) is 26.0. The van der Waals surface area contributed by atoms with Crippen LogP contribution >= 0.6 is 0 Å². The van der Waals surface area contributed by atoms with Crippen molar-refractivity contribution in [3.8, 4) is 0 Å². The standard InChI is InChI=1S/C30H48O5/c1-17-10-13-30(24(33)34)15-14-27(5)18(22(30)29(17,7)35)8-9-21-26(4)16-19(31)23(32)25(2,3)20(26)11-12-28(21,27)6/h8,17,19-23,31-32,35H,9-16H2,1-7H3,(H,33,34)/t17-,19-,20+,21+,22-,23+,26+,27+,28-,29-,30-/m1/s1. The monoisotopic (exact) mass is 488 g/mol. The molecule has 5 aliphatic carbocycles. The lowest BCUT2D eigenvalue weighted by Crippen LogP contribution is -2.68. The minimum absolute atomic E-state index is 0.0535. The minimum Gasteiger partial charge on any atom is -0.481 e. The van der Waals surface area contributed by atoms with Crippen molar-refractivity contribution in [2.75, 3.05) is 0 Å². The Morgan fingerprint density at radius 1 is 0.943 bits per heavy atom. The molecule has 0 radical (unpaired) electrons. The SMILES string of the molecule is C[C@@H]1CC[C@@]2(C(=O)O)CC[C@@]3(C)C(=CC[C@H]4[C@@]5(C)C[C@@H](O)[C@H](O)C(C)(C)[C@@H]5CC[C@]43C)[C@@H]2[C@]1(C)O. The van der Waals surface area contributed by atoms with Gasteiger partial charge in [0.1, 0.15) is 0 Å². The molecule has 5 rings (SSSR count). The van der Waals surface area contributed by atoms with Crippen LogP contribution in [0.5, 0.6) is 0 Å². The van der Waals surface area contributed by atoms with Crippen molar-refractivity contribution in [2.24, 2.45) is 50.7 Å². The molecule has 0 aromatic rings. The normalized spacial score (nSPS) is 57.1. The van der Waals surface area contributed by atoms with E-state index in [0.29, 0.717) is 31.1 Å². The van der Waals surface area contributed by atoms with Crippen molar-refractivity contribution >= 4 is 5.97 Å². The summed E-state index contributed by atoms with van der Waals surface area (Å²) >= 11 is 0. The number of aliphatic hydroxyl groups is 3. The second-order valence-electron chi connectivity index (χ2n) is 14.9. The van der Waals surface area contributed by atoms with E-state index < -0.39 is 29.2 Å². The fourth-order valence-electron chi connectivity index (χ4n) is 11.0. The molecule has 0 aromatic carbocycles. The molecule has 0 heterocycles. The molecule has 4 N–H and O–H groups in total. The maximum absolute atomic E-state index is 12.8. The van der Waals surface area contributed by atoms with Crippen molar-refractivity contribution < 1.29 is 25.2 Å². The molecule has 4 fully saturated rings. The molecule has 0 spiro atoms. The van der Waals surface area contributed by atoms with Gasteiger partial charge in [-0.15, -0.1) is 0 Å². The smallest absolute Gasteiger partial charge is 0.310 e. The lowest BCUT2D eigenvalue weighted by atomic mass is 9.33. The molecule has 0 bridgehead atoms. The summed E-state index contributed by atoms with van der Waals surface area (Å²) in [5.74, 6) is -0.394. The predicted octanol–water partition coefficient (Wildman–Crippen LogP) is 5.18. The third-order valence-electron chi connectivity index (χ3n) is 13.4. The highest BCUT2D eigenvalue weighted by Gasteiger charge is 2.71. The molecular weight excluding hydrogens is 440 g/mol. The molecule has 0 aromatic heterocycles. The Kier molecular flexibility index (Phi) is 5.40. The Hall–Kier alpha value is -0.910. The van der Waals surface area contributed by atoms with Gasteiger partial charge >= 0.3 is 5.97 Å². The lowest BCUT2D eigenvalue weighted by Gasteiger charge is -2.72. The summed E-state index contributed by atoms with van der Waals surface area (Å²) in [6, 6.07) is 0. The third kappa shape index (κ3) is 2.90. The number of rotatable bonds is 1. The number of carboxylic acid groups (broad SMARTS) is 1. The minimum atomic E-state index is -1.05. The molecule has 0 amide bonds. The Morgan fingerprint density at radius 2 is 1.60 bits per heavy atom. The van der Waals surface area contributed by atoms with Crippen LogP contribution in [0.1, 0.15) is 99.8 Å². The van der Waals surface area contributed by atoms with E-state index in [1.807, 2.05) is 6.92 Å². The quantitative estimate of drug-likeness (QED) is 0.382. The molecule has 4 saturated carbocycles. The first-order chi connectivity index (χ1) is 16.0. The van der Waals surface area contributed by atoms with Crippen molar-refractivity contribution in [1.82, 2.24) is 0 Å². The second kappa shape index (κ2) is 7.35. The number of aliphatic carboxylic acids is 1. The number of allylic oxidation sites excluding steroid dienone is 1. The highest BCUT2D eigenvalue weighted by atomic mass is 16.4. The maximum Gasteiger partial charge on any atom is 0.310 e. The average Bonchev–Trinajstić information content (AvgIpc) is 2.75. The molecule has 5 heteroatoms. The van der Waals surface area contributed by atoms with Crippen molar-refractivity contribution in [1.29, 1.82) is 0 Å². The zero-order valence-corrected chi connectivity index (χ0v) is 22.9. The number of carbonyl (C=O) groups is 1. The van der Waals surface area contributed by atoms with Crippen LogP contribution in [0.15, 0.2) is 11.6 Å². The zero-order valence-electron chi connectivity index (χ0n) is 22.9. The topological polar surface area (TPSA) is 98.0 Å². The number of hydrogen-bond donors (Lipinski definition) is 4. The van der Waals surface area contributed by atoms with Crippen LogP contribution in [-0.2, 0) is 4.79 Å². The summed E-state index contributed by atoms with van der Waals surface area (Å²) < 4.78 is 0. The van der Waals surface area contributed by atoms with Crippen molar-refractivity contribution in [2.45, 2.75) is 118 Å². The summed E-state index contributed by atoms with van der Waals surface area (Å²) in [6.45, 7) is 15.3. The van der Waals surface area contributed by atoms with Crippen LogP contribution in [0.4, 0.5) is 0 Å². The molecule has 11 atom stereocenters. The highest BCUT2D eigenvalue weighted by Crippen LogP contribution is 2.76. The Labute approximate surface area is 211 Å². The van der Waals surface area contributed by atoms with Crippen LogP contribution in [-0.4, -0.2) is 44.2 Å². The van der Waals surface area contributed by atoms with Gasteiger partial charge in [0, 0.05) is 5.92 Å². The summed E-state index contributed by atoms with van der Waals surface area (Å²) in [4.78, 5) is 12.8. The molecule has 5 aliphatic rings. The van der Waals surface area contributed by atoms with Gasteiger partial charge in [0.2, 0.25) is 0 Å². The van der Waals surface area contributed by atoms with E-state index in [2.05, 4.69) is 47.6 Å². The van der Waals surface area contributed by atoms with Crippen molar-refractivity contribution in [3.05, 3.63) is 11.6 Å². The fourth-order valence-corrected chi connectivity index (χ4v) is 11.0. The number of aliphatic hydroxyl groups excluding tert-OH is 2. The van der Waals surface area contributed by atoms with E-state index >= 15 is 0 Å². The molecule has 0 saturated heterocycles. The van der Waals surface area contributed by atoms with E-state index in [4.69, 9.17) is 0 Å². The third-order valence-corrected chi connectivity index (χ3v) is 13.4. The molecule has 0 aliphatic heterocycles. The van der Waals surface area contributed by atoms with Gasteiger partial charge in [-0.25, -0.2) is 0 Å². The summed E-state index contributed by atoms with van der Waals surface area (Å²) in [7, 11) is 0. The summed E-state index contributed by atoms with van der Waals surface area (Å²) in [5, 5.41) is 44.3. The van der Waals surface area contributed by atoms with E-state index in [9.17, 15) is 25.2 Å². The predicted molar refractivity (Wildman–Crippen MR) is 135 cm³/mol. The molecule has 35 heavy (non-hydrogen) atoms. The largest absolute Gasteiger partial charge is 0.481 e. The highest BCUT2D eigenvalue weighted by molar-refractivity contribution is 5.77. The molecular formula is C30H48O5. The first-order valence-corrected chi connectivity index (χ1v) is 14.0. The number of fused-ring (bicyclic) bond motifs is 7. The van der Waals surface area contributed by atoms with Crippen LogP contribution in [0.2, 0.25) is 0 Å². The van der Waals surface area contributed by atoms with Crippen LogP contribution in [0, 0.1) is 50.7 Å². The van der Waals surface area contributed by atoms with Crippen molar-refractivity contribution in [3.63, 3.8) is 0 Å². The maximum atomic E-state index is 12.8. The van der Waals surface area contributed by atoms with Gasteiger partial charge in [0.25, 0.3) is 0 Å². The second-order valence-corrected chi connectivity index (χ2v) is 14.9. The lowest BCUT2D eigenvalue weighted by molar-refractivity contribution is -0.237. The summed E-state index contributed by atoms with van der Waals surface area (Å²) in [6.07, 6.45) is 7.21. The van der Waals surface area contributed by atoms with E-state index in [1.54, 1.807) is 0 Å². The molecule has 198 valence electrons. The average molecular weight is 489 g/mol. The molecule has 0 unspecified atom stereocenters. The number of hydrogen-bond acceptors (Lipinski definition) is 4. The van der Waals surface area contributed by atoms with Gasteiger partial charge in [-0.2, -0.15) is 0 Å². The fraction of sp³-hybridized carbons (Fsp3) is 0.900. The van der Waals surface area contributed by atoms with Crippen LogP contribution < -0.4 is 0 Å². The van der Waals surface area contributed by atoms with Crippen LogP contribution in [0.25, 0.3) is 0 Å². The summed E-state index contributed by atoms with van der Waals surface area (Å²) in [5.41, 5.74) is -1.46. The van der Waals surface area contributed by atoms with Gasteiger partial charge in [-0.05, 0) is 97.7 Å². The molecule has 5 nitrogen and oxygen atoms in total. The van der Waals surface area contributed by atoms with E-state index in [1.165, 1.54) is 5.57 Å². The van der Waals surface area contributed by atoms with Gasteiger partial charge in [-0.1, -0.05) is 53.2 Å². The van der Waals surface area contributed by atoms with Crippen LogP contribution in [0.3, 0.4) is 0 Å². The Morgan fingerprint density at radius 3 is 2.23 bits per heavy atom. The first kappa shape index (κ1) is 25.7. The van der Waals surface area contributed by atoms with E-state index in [-0.39, 0.29) is 33.5 Å². The Bertz CT molecular complexity index is 952. The van der Waals surface area contributed by atoms with Gasteiger partial charge in [0.05, 0.1) is 23.2 Å². The first-order valence-electron chi connectivity index (χ1n) is 14.0. The van der Waals surface area contributed by atoms with E-state index in [0.717, 1.165) is 32.1 Å². The van der Waals surface area contributed by atoms with Gasteiger partial charge in [-0.3, -0.25) is 4.79 Å². The Balaban J connectivity index is 1.65. The van der Waals surface area contributed by atoms with Gasteiger partial charge in [0.15, 0.2) is 0 Å².